The predicted octanol–water partition coefficient (Wildman–Crippen LogP) is 6.94. The summed E-state index contributed by atoms with van der Waals surface area (Å²) in [6.07, 6.45) is 1.80. The second-order valence-corrected chi connectivity index (χ2v) is 13.3. The van der Waals surface area contributed by atoms with Crippen LogP contribution in [0.5, 0.6) is 23.0 Å². The lowest BCUT2D eigenvalue weighted by atomic mass is 9.94. The Hall–Kier alpha value is -6.13. The summed E-state index contributed by atoms with van der Waals surface area (Å²) in [4.78, 5) is 33.7. The molecule has 1 aliphatic rings. The van der Waals surface area contributed by atoms with E-state index in [1.807, 2.05) is 73.7 Å². The molecule has 262 valence electrons. The molecule has 9 nitrogen and oxygen atoms in total. The summed E-state index contributed by atoms with van der Waals surface area (Å²) in [5.74, 6) is 1.78. The van der Waals surface area contributed by atoms with E-state index in [4.69, 9.17) is 23.9 Å². The van der Waals surface area contributed by atoms with Crippen LogP contribution in [0.4, 0.5) is 5.69 Å². The third kappa shape index (κ3) is 6.56. The number of ether oxygens (including phenoxy) is 4. The summed E-state index contributed by atoms with van der Waals surface area (Å²) >= 11 is 1.26. The van der Waals surface area contributed by atoms with E-state index in [-0.39, 0.29) is 11.5 Å². The van der Waals surface area contributed by atoms with Crippen LogP contribution < -0.4 is 39.2 Å². The Labute approximate surface area is 304 Å². The van der Waals surface area contributed by atoms with Crippen molar-refractivity contribution < 1.29 is 23.7 Å². The second kappa shape index (κ2) is 14.6. The molecule has 1 N–H and O–H groups in total. The van der Waals surface area contributed by atoms with E-state index in [1.165, 1.54) is 11.3 Å². The van der Waals surface area contributed by atoms with Gasteiger partial charge in [0, 0.05) is 5.69 Å². The van der Waals surface area contributed by atoms with Crippen LogP contribution in [-0.4, -0.2) is 31.8 Å². The van der Waals surface area contributed by atoms with Crippen LogP contribution in [-0.2, 0) is 11.4 Å². The van der Waals surface area contributed by atoms with E-state index < -0.39 is 6.04 Å². The zero-order valence-corrected chi connectivity index (χ0v) is 30.2. The minimum Gasteiger partial charge on any atom is -0.493 e. The lowest BCUT2D eigenvalue weighted by Gasteiger charge is -2.26. The zero-order valence-electron chi connectivity index (χ0n) is 29.4. The number of hydrogen-bond donors (Lipinski definition) is 1. The number of hydrogen-bond acceptors (Lipinski definition) is 8. The van der Waals surface area contributed by atoms with Gasteiger partial charge < -0.3 is 24.3 Å². The van der Waals surface area contributed by atoms with E-state index in [1.54, 1.807) is 51.0 Å². The number of thiazole rings is 1. The van der Waals surface area contributed by atoms with E-state index in [0.717, 1.165) is 27.5 Å². The number of benzene rings is 5. The number of aryl methyl sites for hydroxylation is 1. The average Bonchev–Trinajstić information content (AvgIpc) is 3.47. The Morgan fingerprint density at radius 1 is 0.827 bits per heavy atom. The molecular formula is C42H37N3O6S. The molecule has 0 bridgehead atoms. The van der Waals surface area contributed by atoms with Crippen LogP contribution in [0.1, 0.15) is 35.2 Å². The maximum atomic E-state index is 14.4. The molecule has 1 amide bonds. The highest BCUT2D eigenvalue weighted by atomic mass is 32.1. The Bertz CT molecular complexity index is 2550. The van der Waals surface area contributed by atoms with E-state index in [0.29, 0.717) is 61.5 Å². The molecule has 5 aromatic carbocycles. The first-order valence-electron chi connectivity index (χ1n) is 16.7. The minimum atomic E-state index is -0.790. The van der Waals surface area contributed by atoms with Gasteiger partial charge in [-0.05, 0) is 83.3 Å². The van der Waals surface area contributed by atoms with Crippen molar-refractivity contribution in [2.24, 2.45) is 4.99 Å². The topological polar surface area (TPSA) is 100 Å². The second-order valence-electron chi connectivity index (χ2n) is 12.3. The highest BCUT2D eigenvalue weighted by Gasteiger charge is 2.33. The normalized spacial score (nSPS) is 14.1. The molecule has 1 atom stereocenters. The van der Waals surface area contributed by atoms with Crippen molar-refractivity contribution in [3.05, 3.63) is 156 Å². The summed E-state index contributed by atoms with van der Waals surface area (Å²) in [5.41, 5.74) is 4.64. The summed E-state index contributed by atoms with van der Waals surface area (Å²) in [6.45, 7) is 4.08. The van der Waals surface area contributed by atoms with Gasteiger partial charge in [-0.1, -0.05) is 84.1 Å². The van der Waals surface area contributed by atoms with Crippen molar-refractivity contribution in [2.75, 3.05) is 26.6 Å². The third-order valence-electron chi connectivity index (χ3n) is 9.13. The Balaban J connectivity index is 1.27. The number of methoxy groups -OCH3 is 3. The van der Waals surface area contributed by atoms with Crippen LogP contribution >= 0.6 is 11.3 Å². The molecule has 0 saturated heterocycles. The van der Waals surface area contributed by atoms with Gasteiger partial charge in [-0.2, -0.15) is 0 Å². The molecule has 0 unspecified atom stereocenters. The van der Waals surface area contributed by atoms with Crippen LogP contribution in [0.25, 0.3) is 16.8 Å². The molecule has 0 fully saturated rings. The summed E-state index contributed by atoms with van der Waals surface area (Å²) in [5, 5.41) is 5.33. The predicted molar refractivity (Wildman–Crippen MR) is 204 cm³/mol. The number of carbonyl (C=O) groups excluding carboxylic acids is 1. The number of para-hydroxylation sites is 1. The molecule has 0 aliphatic carbocycles. The molecule has 7 rings (SSSR count). The Morgan fingerprint density at radius 2 is 1.54 bits per heavy atom. The standard InChI is InChI=1S/C42H37N3O6S/c1-25-11-6-9-16-32(25)44-40(46)38-26(2)43-42-45(39(38)29-18-20-33(48-3)36(23-29)50-5)41(47)37(52-42)22-27-17-19-34(35(21-27)49-4)51-24-30-14-10-13-28-12-7-8-15-31(28)30/h6-23,39H,24H2,1-5H3,(H,44,46)/b37-22-/t39-/m0/s1. The molecule has 6 aromatic rings. The number of fused-ring (bicyclic) bond motifs is 2. The number of nitrogens with one attached hydrogen (secondary N) is 1. The van der Waals surface area contributed by atoms with Gasteiger partial charge in [0.2, 0.25) is 0 Å². The average molecular weight is 712 g/mol. The highest BCUT2D eigenvalue weighted by molar-refractivity contribution is 7.07. The van der Waals surface area contributed by atoms with Crippen LogP contribution in [0.2, 0.25) is 0 Å². The fourth-order valence-electron chi connectivity index (χ4n) is 6.47. The number of rotatable bonds is 10. The maximum absolute atomic E-state index is 14.4. The molecule has 0 spiro atoms. The molecule has 2 heterocycles. The van der Waals surface area contributed by atoms with E-state index in [9.17, 15) is 9.59 Å². The van der Waals surface area contributed by atoms with Gasteiger partial charge in [-0.25, -0.2) is 4.99 Å². The van der Waals surface area contributed by atoms with Gasteiger partial charge in [-0.3, -0.25) is 14.2 Å². The SMILES string of the molecule is COc1ccc([C@H]2C(C(=O)Nc3ccccc3C)=C(C)N=c3s/c(=C\c4ccc(OCc5cccc6ccccc56)c(OC)c4)c(=O)n32)cc1OC. The zero-order chi connectivity index (χ0) is 36.4. The molecule has 1 aliphatic heterocycles. The molecule has 0 radical (unpaired) electrons. The monoisotopic (exact) mass is 711 g/mol. The van der Waals surface area contributed by atoms with Gasteiger partial charge in [0.25, 0.3) is 11.5 Å². The molecule has 0 saturated carbocycles. The van der Waals surface area contributed by atoms with E-state index >= 15 is 0 Å². The van der Waals surface area contributed by atoms with Crippen LogP contribution in [0.15, 0.2) is 124 Å². The Kier molecular flexibility index (Phi) is 9.65. The minimum absolute atomic E-state index is 0.285. The number of carbonyl (C=O) groups is 1. The first-order chi connectivity index (χ1) is 25.3. The van der Waals surface area contributed by atoms with Gasteiger partial charge >= 0.3 is 0 Å². The first kappa shape index (κ1) is 34.3. The van der Waals surface area contributed by atoms with Crippen molar-refractivity contribution in [1.82, 2.24) is 4.57 Å². The molecule has 52 heavy (non-hydrogen) atoms. The molecule has 10 heteroatoms. The largest absolute Gasteiger partial charge is 0.493 e. The summed E-state index contributed by atoms with van der Waals surface area (Å²) in [7, 11) is 4.70. The maximum Gasteiger partial charge on any atom is 0.271 e. The van der Waals surface area contributed by atoms with Crippen molar-refractivity contribution in [2.45, 2.75) is 26.5 Å². The van der Waals surface area contributed by atoms with Crippen molar-refractivity contribution >= 4 is 39.8 Å². The van der Waals surface area contributed by atoms with Gasteiger partial charge in [0.15, 0.2) is 27.8 Å². The quantitative estimate of drug-likeness (QED) is 0.165. The summed E-state index contributed by atoms with van der Waals surface area (Å²) in [6, 6.07) is 32.1. The lowest BCUT2D eigenvalue weighted by Crippen LogP contribution is -2.40. The fourth-order valence-corrected chi connectivity index (χ4v) is 7.52. The van der Waals surface area contributed by atoms with Gasteiger partial charge in [-0.15, -0.1) is 0 Å². The van der Waals surface area contributed by atoms with Gasteiger partial charge in [0.1, 0.15) is 6.61 Å². The van der Waals surface area contributed by atoms with Crippen LogP contribution in [0, 0.1) is 6.92 Å². The number of allylic oxidation sites excluding steroid dienone is 1. The molecule has 1 aromatic heterocycles. The van der Waals surface area contributed by atoms with E-state index in [2.05, 4.69) is 29.6 Å². The van der Waals surface area contributed by atoms with Crippen molar-refractivity contribution in [1.29, 1.82) is 0 Å². The fraction of sp³-hybridized carbons (Fsp3) is 0.167. The van der Waals surface area contributed by atoms with Crippen LogP contribution in [0.3, 0.4) is 0 Å². The number of anilines is 1. The summed E-state index contributed by atoms with van der Waals surface area (Å²) < 4.78 is 25.1. The van der Waals surface area contributed by atoms with Crippen molar-refractivity contribution in [3.8, 4) is 23.0 Å². The number of nitrogens with zero attached hydrogens (tertiary/aromatic N) is 2. The lowest BCUT2D eigenvalue weighted by molar-refractivity contribution is -0.113. The smallest absolute Gasteiger partial charge is 0.271 e. The highest BCUT2D eigenvalue weighted by Crippen LogP contribution is 2.36. The van der Waals surface area contributed by atoms with Gasteiger partial charge in [0.05, 0.1) is 43.2 Å². The number of amides is 1. The third-order valence-corrected chi connectivity index (χ3v) is 10.1. The van der Waals surface area contributed by atoms with Crippen molar-refractivity contribution in [3.63, 3.8) is 0 Å². The Morgan fingerprint density at radius 3 is 2.33 bits per heavy atom. The first-order valence-corrected chi connectivity index (χ1v) is 17.5. The number of aromatic nitrogens is 1. The molecular weight excluding hydrogens is 675 g/mol.